The monoisotopic (exact) mass is 202 g/mol. The Hall–Kier alpha value is 0.01000. The number of carboxylic acids is 1. The maximum absolute atomic E-state index is 10.0. The predicted octanol–water partition coefficient (Wildman–Crippen LogP) is 1.51. The van der Waals surface area contributed by atoms with Crippen LogP contribution in [0.2, 0.25) is 0 Å². The fourth-order valence-corrected chi connectivity index (χ4v) is 0.382. The average Bonchev–Trinajstić information content (AvgIpc) is 1.91. The van der Waals surface area contributed by atoms with E-state index >= 15 is 0 Å². The van der Waals surface area contributed by atoms with Gasteiger partial charge in [-0.15, -0.1) is 23.2 Å². The van der Waals surface area contributed by atoms with E-state index in [4.69, 9.17) is 33.4 Å². The van der Waals surface area contributed by atoms with Gasteiger partial charge in [0.1, 0.15) is 0 Å². The molecule has 1 atom stereocenters. The van der Waals surface area contributed by atoms with Crippen molar-refractivity contribution in [3.8, 4) is 0 Å². The van der Waals surface area contributed by atoms with Gasteiger partial charge in [-0.1, -0.05) is 6.92 Å². The van der Waals surface area contributed by atoms with Gasteiger partial charge in [0.15, 0.2) is 0 Å². The van der Waals surface area contributed by atoms with Gasteiger partial charge in [-0.25, -0.2) is 0 Å². The van der Waals surface area contributed by atoms with Crippen LogP contribution < -0.4 is 0 Å². The van der Waals surface area contributed by atoms with Crippen LogP contribution in [0.5, 0.6) is 0 Å². The Morgan fingerprint density at radius 2 is 1.91 bits per heavy atom. The number of rotatable bonds is 3. The first-order valence-corrected chi connectivity index (χ1v) is 4.16. The minimum Gasteiger partial charge on any atom is -0.481 e. The number of alkyl halides is 2. The number of hydrogen-bond donors (Lipinski definition) is 2. The Balaban J connectivity index is 0. The van der Waals surface area contributed by atoms with Crippen LogP contribution in [0.4, 0.5) is 0 Å². The molecule has 2 N–H and O–H groups in total. The van der Waals surface area contributed by atoms with Gasteiger partial charge < -0.3 is 10.2 Å². The Kier molecular flexibility index (Phi) is 12.4. The summed E-state index contributed by atoms with van der Waals surface area (Å²) >= 11 is 9.53. The van der Waals surface area contributed by atoms with E-state index in [9.17, 15) is 4.79 Å². The van der Waals surface area contributed by atoms with Crippen LogP contribution in [0, 0.1) is 5.92 Å². The van der Waals surface area contributed by atoms with Gasteiger partial charge in [0.2, 0.25) is 0 Å². The molecule has 0 amide bonds. The second-order valence-corrected chi connectivity index (χ2v) is 2.54. The summed E-state index contributed by atoms with van der Waals surface area (Å²) in [4.78, 5) is 10.0. The molecule has 3 nitrogen and oxygen atoms in total. The van der Waals surface area contributed by atoms with E-state index in [-0.39, 0.29) is 11.9 Å². The number of aliphatic hydroxyl groups is 1. The summed E-state index contributed by atoms with van der Waals surface area (Å²) < 4.78 is 0. The highest BCUT2D eigenvalue weighted by Crippen LogP contribution is 1.98. The van der Waals surface area contributed by atoms with E-state index in [0.29, 0.717) is 6.42 Å². The van der Waals surface area contributed by atoms with E-state index in [1.54, 1.807) is 6.92 Å². The molecule has 1 unspecified atom stereocenters. The molecule has 0 saturated carbocycles. The molecular formula is C6H12Cl2O3. The van der Waals surface area contributed by atoms with Gasteiger partial charge in [-0.05, 0) is 6.42 Å². The van der Waals surface area contributed by atoms with E-state index in [2.05, 4.69) is 0 Å². The Labute approximate surface area is 75.9 Å². The zero-order chi connectivity index (χ0) is 9.28. The molecule has 0 aromatic heterocycles. The first-order valence-electron chi connectivity index (χ1n) is 3.09. The van der Waals surface area contributed by atoms with Crippen LogP contribution in [0.25, 0.3) is 0 Å². The quantitative estimate of drug-likeness (QED) is 0.683. The summed E-state index contributed by atoms with van der Waals surface area (Å²) in [6.07, 6.45) is 0.492. The van der Waals surface area contributed by atoms with Gasteiger partial charge in [-0.2, -0.15) is 0 Å². The fraction of sp³-hybridized carbons (Fsp3) is 0.833. The highest BCUT2D eigenvalue weighted by molar-refractivity contribution is 6.40. The van der Waals surface area contributed by atoms with E-state index < -0.39 is 11.9 Å². The lowest BCUT2D eigenvalue weighted by Crippen LogP contribution is -2.16. The van der Waals surface area contributed by atoms with Gasteiger partial charge in [-0.3, -0.25) is 4.79 Å². The molecule has 0 aliphatic carbocycles. The molecular weight excluding hydrogens is 191 g/mol. The van der Waals surface area contributed by atoms with Crippen molar-refractivity contribution < 1.29 is 15.0 Å². The zero-order valence-electron chi connectivity index (χ0n) is 6.26. The molecule has 11 heavy (non-hydrogen) atoms. The average molecular weight is 203 g/mol. The third-order valence-electron chi connectivity index (χ3n) is 1.06. The van der Waals surface area contributed by atoms with Crippen molar-refractivity contribution in [2.24, 2.45) is 5.92 Å². The molecule has 0 bridgehead atoms. The first-order chi connectivity index (χ1) is 5.13. The van der Waals surface area contributed by atoms with E-state index in [1.807, 2.05) is 0 Å². The molecule has 0 aromatic carbocycles. The number of aliphatic hydroxyl groups excluding tert-OH is 1. The van der Waals surface area contributed by atoms with Gasteiger partial charge in [0, 0.05) is 0 Å². The Morgan fingerprint density at radius 3 is 1.91 bits per heavy atom. The lowest BCUT2D eigenvalue weighted by molar-refractivity contribution is -0.143. The number of hydrogen-bond acceptors (Lipinski definition) is 2. The van der Waals surface area contributed by atoms with Crippen molar-refractivity contribution >= 4 is 29.2 Å². The molecule has 0 saturated heterocycles. The number of carbonyl (C=O) groups is 1. The molecule has 0 aromatic rings. The summed E-state index contributed by atoms with van der Waals surface area (Å²) in [5, 5.41) is 16.7. The first kappa shape index (κ1) is 13.6. The zero-order valence-corrected chi connectivity index (χ0v) is 7.77. The molecule has 0 heterocycles. The normalized spacial score (nSPS) is 11.3. The van der Waals surface area contributed by atoms with Crippen LogP contribution in [0.3, 0.4) is 0 Å². The van der Waals surface area contributed by atoms with E-state index in [1.165, 1.54) is 0 Å². The third-order valence-corrected chi connectivity index (χ3v) is 1.06. The summed E-state index contributed by atoms with van der Waals surface area (Å²) in [7, 11) is 0. The lowest BCUT2D eigenvalue weighted by Gasteiger charge is -2.01. The minimum atomic E-state index is -0.921. The molecule has 0 rings (SSSR count). The Bertz CT molecular complexity index is 93.8. The predicted molar refractivity (Wildman–Crippen MR) is 45.1 cm³/mol. The van der Waals surface area contributed by atoms with Crippen molar-refractivity contribution in [2.45, 2.75) is 13.3 Å². The second-order valence-electron chi connectivity index (χ2n) is 1.73. The summed E-state index contributed by atoms with van der Waals surface area (Å²) in [5.74, 6) is -1.50. The largest absolute Gasteiger partial charge is 0.481 e. The van der Waals surface area contributed by atoms with Gasteiger partial charge in [0.25, 0.3) is 0 Å². The van der Waals surface area contributed by atoms with Crippen molar-refractivity contribution in [2.75, 3.05) is 11.9 Å². The highest BCUT2D eigenvalue weighted by Gasteiger charge is 2.11. The smallest absolute Gasteiger partial charge is 0.308 e. The molecule has 0 aliphatic rings. The molecule has 0 radical (unpaired) electrons. The number of halogens is 2. The van der Waals surface area contributed by atoms with Crippen LogP contribution in [-0.4, -0.2) is 28.1 Å². The number of aliphatic carboxylic acids is 1. The minimum absolute atomic E-state index is 0.194. The summed E-state index contributed by atoms with van der Waals surface area (Å²) in [6, 6.07) is 0. The van der Waals surface area contributed by atoms with E-state index in [0.717, 1.165) is 0 Å². The molecule has 0 spiro atoms. The molecule has 68 valence electrons. The maximum atomic E-state index is 10.0. The standard InChI is InChI=1S/C5H10O3.CH2Cl2/c1-2-4(3-6)5(7)8;2-1-3/h4,6H,2-3H2,1H3,(H,7,8);1H2. The number of carboxylic acid groups (broad SMARTS) is 1. The van der Waals surface area contributed by atoms with Crippen LogP contribution >= 0.6 is 23.2 Å². The van der Waals surface area contributed by atoms with Gasteiger partial charge >= 0.3 is 5.97 Å². The van der Waals surface area contributed by atoms with Crippen LogP contribution in [-0.2, 0) is 4.79 Å². The van der Waals surface area contributed by atoms with Gasteiger partial charge in [0.05, 0.1) is 17.9 Å². The molecule has 5 heteroatoms. The van der Waals surface area contributed by atoms with Crippen molar-refractivity contribution in [1.29, 1.82) is 0 Å². The lowest BCUT2D eigenvalue weighted by atomic mass is 10.1. The van der Waals surface area contributed by atoms with Crippen LogP contribution in [0.1, 0.15) is 13.3 Å². The summed E-state index contributed by atoms with van der Waals surface area (Å²) in [5.41, 5.74) is 0. The van der Waals surface area contributed by atoms with Crippen molar-refractivity contribution in [3.05, 3.63) is 0 Å². The third kappa shape index (κ3) is 10.0. The van der Waals surface area contributed by atoms with Crippen molar-refractivity contribution in [3.63, 3.8) is 0 Å². The van der Waals surface area contributed by atoms with Crippen molar-refractivity contribution in [1.82, 2.24) is 0 Å². The summed E-state index contributed by atoms with van der Waals surface area (Å²) in [6.45, 7) is 1.47. The molecule has 0 aliphatic heterocycles. The fourth-order valence-electron chi connectivity index (χ4n) is 0.382. The molecule has 0 fully saturated rings. The maximum Gasteiger partial charge on any atom is 0.308 e. The highest BCUT2D eigenvalue weighted by atomic mass is 35.5. The Morgan fingerprint density at radius 1 is 1.55 bits per heavy atom. The second kappa shape index (κ2) is 10.0. The van der Waals surface area contributed by atoms with Crippen LogP contribution in [0.15, 0.2) is 0 Å². The topological polar surface area (TPSA) is 57.5 Å². The SMILES string of the molecule is CCC(CO)C(=O)O.ClCCl.